The third-order valence-electron chi connectivity index (χ3n) is 8.82. The van der Waals surface area contributed by atoms with Gasteiger partial charge in [0, 0.05) is 11.1 Å². The predicted octanol–water partition coefficient (Wildman–Crippen LogP) is 11.0. The fourth-order valence-electron chi connectivity index (χ4n) is 6.40. The zero-order valence-electron chi connectivity index (χ0n) is 27.8. The standard InChI is InChI=1S/C38H10F12N6S2/c39-35(40,41)19-1-3-21(25(9-19)37(45,46)47)29-23-5-16-8-28-32(58-34(56-28)18(13-53)14-54)30(22-4-2-20(36(42,43)44)10-26(22)38(48,49)50)24(16)6-15(23)7-27-31(29)57-33(55-27)17(11-51)12-52/h1-10H. The number of halogens is 12. The summed E-state index contributed by atoms with van der Waals surface area (Å²) < 4.78 is 170. The molecule has 0 bridgehead atoms. The second kappa shape index (κ2) is 13.4. The summed E-state index contributed by atoms with van der Waals surface area (Å²) in [5.74, 6) is 0. The quantitative estimate of drug-likeness (QED) is 0.126. The summed E-state index contributed by atoms with van der Waals surface area (Å²) in [7, 11) is 0. The average molecular weight is 843 g/mol. The van der Waals surface area contributed by atoms with Crippen molar-refractivity contribution < 1.29 is 52.7 Å². The Hall–Kier alpha value is -6.74. The van der Waals surface area contributed by atoms with Crippen LogP contribution in [0.1, 0.15) is 22.3 Å². The van der Waals surface area contributed by atoms with E-state index in [0.29, 0.717) is 46.9 Å². The molecule has 0 spiro atoms. The molecule has 7 rings (SSSR count). The lowest BCUT2D eigenvalue weighted by Gasteiger charge is -2.20. The lowest BCUT2D eigenvalue weighted by atomic mass is 9.88. The molecule has 0 radical (unpaired) electrons. The molecular weight excluding hydrogens is 833 g/mol. The molecule has 20 heteroatoms. The van der Waals surface area contributed by atoms with E-state index in [9.17, 15) is 73.7 Å². The van der Waals surface area contributed by atoms with Gasteiger partial charge in [0.25, 0.3) is 0 Å². The summed E-state index contributed by atoms with van der Waals surface area (Å²) in [5.41, 5.74) is -10.6. The minimum atomic E-state index is -5.41. The Kier molecular flexibility index (Phi) is 9.15. The fraction of sp³-hybridized carbons (Fsp3) is 0.105. The van der Waals surface area contributed by atoms with Gasteiger partial charge in [-0.05, 0) is 81.2 Å². The molecule has 6 nitrogen and oxygen atoms in total. The molecule has 0 N–H and O–H groups in total. The van der Waals surface area contributed by atoms with Gasteiger partial charge in [0.15, 0.2) is 11.1 Å². The monoisotopic (exact) mass is 842 g/mol. The predicted molar refractivity (Wildman–Crippen MR) is 187 cm³/mol. The van der Waals surface area contributed by atoms with Crippen LogP contribution in [0, 0.1) is 45.3 Å². The SMILES string of the molecule is N#CC(C#N)=c1nc2cc3cc4c(-c5ccc(C(F)(F)F)cc5C(F)(F)F)c5sc(=C(C#N)C#N)nc5cc4cc3c(-c3ccc(C(F)(F)F)cc3C(F)(F)F)c2s1. The van der Waals surface area contributed by atoms with Gasteiger partial charge in [-0.3, -0.25) is 0 Å². The number of hydrogen-bond donors (Lipinski definition) is 0. The number of aromatic nitrogens is 2. The van der Waals surface area contributed by atoms with E-state index in [4.69, 9.17) is 0 Å². The van der Waals surface area contributed by atoms with Crippen molar-refractivity contribution in [3.63, 3.8) is 0 Å². The van der Waals surface area contributed by atoms with Crippen LogP contribution in [-0.4, -0.2) is 9.97 Å². The first-order chi connectivity index (χ1) is 27.1. The highest BCUT2D eigenvalue weighted by atomic mass is 32.1. The van der Waals surface area contributed by atoms with E-state index in [1.165, 1.54) is 24.3 Å². The van der Waals surface area contributed by atoms with Crippen LogP contribution in [0.15, 0.2) is 60.7 Å². The summed E-state index contributed by atoms with van der Waals surface area (Å²) in [6, 6.07) is 13.0. The molecule has 0 saturated heterocycles. The smallest absolute Gasteiger partial charge is 0.234 e. The van der Waals surface area contributed by atoms with Gasteiger partial charge in [0.1, 0.15) is 33.6 Å². The summed E-state index contributed by atoms with van der Waals surface area (Å²) in [6.07, 6.45) is -21.2. The first-order valence-electron chi connectivity index (χ1n) is 15.7. The Labute approximate surface area is 322 Å². The molecule has 2 aromatic heterocycles. The first-order valence-corrected chi connectivity index (χ1v) is 17.3. The second-order valence-electron chi connectivity index (χ2n) is 12.2. The molecule has 0 aliphatic heterocycles. The van der Waals surface area contributed by atoms with Crippen LogP contribution in [0.5, 0.6) is 0 Å². The van der Waals surface area contributed by atoms with Crippen LogP contribution in [-0.2, 0) is 24.7 Å². The maximum Gasteiger partial charge on any atom is 0.417 e. The van der Waals surface area contributed by atoms with Crippen molar-refractivity contribution in [2.24, 2.45) is 0 Å². The van der Waals surface area contributed by atoms with E-state index >= 15 is 0 Å². The van der Waals surface area contributed by atoms with Crippen molar-refractivity contribution in [1.29, 1.82) is 21.0 Å². The molecule has 288 valence electrons. The summed E-state index contributed by atoms with van der Waals surface area (Å²) in [6.45, 7) is 0. The fourth-order valence-corrected chi connectivity index (χ4v) is 8.52. The molecule has 7 aromatic rings. The zero-order chi connectivity index (χ0) is 42.3. The normalized spacial score (nSPS) is 12.4. The molecular formula is C38H10F12N6S2. The minimum Gasteiger partial charge on any atom is -0.234 e. The highest BCUT2D eigenvalue weighted by molar-refractivity contribution is 7.18. The topological polar surface area (TPSA) is 121 Å². The lowest BCUT2D eigenvalue weighted by molar-refractivity contribution is -0.144. The van der Waals surface area contributed by atoms with E-state index in [1.807, 2.05) is 0 Å². The highest BCUT2D eigenvalue weighted by Gasteiger charge is 2.41. The van der Waals surface area contributed by atoms with Crippen molar-refractivity contribution in [2.45, 2.75) is 24.7 Å². The van der Waals surface area contributed by atoms with Gasteiger partial charge in [-0.15, -0.1) is 22.7 Å². The average Bonchev–Trinajstić information content (AvgIpc) is 3.75. The van der Waals surface area contributed by atoms with Crippen LogP contribution < -0.4 is 9.33 Å². The second-order valence-corrected chi connectivity index (χ2v) is 14.2. The maximum atomic E-state index is 14.7. The van der Waals surface area contributed by atoms with Crippen molar-refractivity contribution >= 4 is 75.8 Å². The Balaban J connectivity index is 1.73. The third kappa shape index (κ3) is 6.66. The molecule has 0 saturated carbocycles. The molecule has 0 aliphatic carbocycles. The zero-order valence-corrected chi connectivity index (χ0v) is 29.4. The van der Waals surface area contributed by atoms with Crippen LogP contribution >= 0.6 is 22.7 Å². The number of alkyl halides is 12. The van der Waals surface area contributed by atoms with Gasteiger partial charge in [-0.1, -0.05) is 12.1 Å². The molecule has 0 atom stereocenters. The van der Waals surface area contributed by atoms with E-state index in [0.717, 1.165) is 0 Å². The molecule has 0 amide bonds. The number of thiazole rings is 2. The molecule has 0 unspecified atom stereocenters. The lowest BCUT2D eigenvalue weighted by Crippen LogP contribution is -2.12. The summed E-state index contributed by atoms with van der Waals surface area (Å²) in [5, 5.41) is 37.6. The number of fused-ring (bicyclic) bond motifs is 4. The maximum absolute atomic E-state index is 14.7. The van der Waals surface area contributed by atoms with E-state index in [2.05, 4.69) is 9.97 Å². The molecule has 58 heavy (non-hydrogen) atoms. The summed E-state index contributed by atoms with van der Waals surface area (Å²) in [4.78, 5) is 8.44. The van der Waals surface area contributed by atoms with Crippen molar-refractivity contribution in [3.05, 3.63) is 92.2 Å². The van der Waals surface area contributed by atoms with Gasteiger partial charge < -0.3 is 0 Å². The van der Waals surface area contributed by atoms with Gasteiger partial charge in [0.05, 0.1) is 42.7 Å². The minimum absolute atomic E-state index is 0.0811. The van der Waals surface area contributed by atoms with E-state index in [-0.39, 0.29) is 74.6 Å². The first kappa shape index (κ1) is 39.5. The van der Waals surface area contributed by atoms with E-state index < -0.39 is 69.2 Å². The van der Waals surface area contributed by atoms with Gasteiger partial charge in [-0.2, -0.15) is 73.7 Å². The largest absolute Gasteiger partial charge is 0.417 e. The van der Waals surface area contributed by atoms with Crippen molar-refractivity contribution in [3.8, 4) is 46.5 Å². The molecule has 0 aliphatic rings. The van der Waals surface area contributed by atoms with Crippen LogP contribution in [0.25, 0.3) is 75.4 Å². The van der Waals surface area contributed by atoms with Crippen LogP contribution in [0.4, 0.5) is 52.7 Å². The van der Waals surface area contributed by atoms with Gasteiger partial charge >= 0.3 is 24.7 Å². The number of nitrogens with zero attached hydrogens (tertiary/aromatic N) is 6. The van der Waals surface area contributed by atoms with Gasteiger partial charge in [-0.25, -0.2) is 9.97 Å². The Bertz CT molecular complexity index is 2980. The molecule has 0 fully saturated rings. The molecule has 2 heterocycles. The number of hydrogen-bond acceptors (Lipinski definition) is 8. The third-order valence-corrected chi connectivity index (χ3v) is 11.0. The Morgan fingerprint density at radius 1 is 0.466 bits per heavy atom. The van der Waals surface area contributed by atoms with Crippen LogP contribution in [0.2, 0.25) is 0 Å². The van der Waals surface area contributed by atoms with Crippen LogP contribution in [0.3, 0.4) is 0 Å². The number of rotatable bonds is 2. The van der Waals surface area contributed by atoms with Gasteiger partial charge in [0.2, 0.25) is 0 Å². The summed E-state index contributed by atoms with van der Waals surface area (Å²) >= 11 is 1.15. The highest BCUT2D eigenvalue weighted by Crippen LogP contribution is 2.49. The van der Waals surface area contributed by atoms with Crippen molar-refractivity contribution in [2.75, 3.05) is 0 Å². The number of benzene rings is 5. The molecule has 5 aromatic carbocycles. The Morgan fingerprint density at radius 2 is 0.810 bits per heavy atom. The number of nitriles is 4. The van der Waals surface area contributed by atoms with Crippen molar-refractivity contribution in [1.82, 2.24) is 9.97 Å². The van der Waals surface area contributed by atoms with E-state index in [1.54, 1.807) is 24.3 Å². The Morgan fingerprint density at radius 3 is 1.10 bits per heavy atom.